The minimum atomic E-state index is -0.795. The number of nitrogens with zero attached hydrogens (tertiary/aromatic N) is 3. The molecule has 1 atom stereocenters. The SMILES string of the molecule is Cc1ccc(Cl)cc1NC(=O)[C@H]1CC(=O)Nc2nc(N3CCOCC3)nc(N)c21. The maximum absolute atomic E-state index is 13.0. The molecule has 3 heterocycles. The van der Waals surface area contributed by atoms with Crippen molar-refractivity contribution in [2.75, 3.05) is 47.6 Å². The molecule has 2 aromatic rings. The predicted molar refractivity (Wildman–Crippen MR) is 110 cm³/mol. The van der Waals surface area contributed by atoms with E-state index in [4.69, 9.17) is 22.1 Å². The lowest BCUT2D eigenvalue weighted by Gasteiger charge is -2.30. The van der Waals surface area contributed by atoms with Crippen molar-refractivity contribution < 1.29 is 14.3 Å². The van der Waals surface area contributed by atoms with Gasteiger partial charge < -0.3 is 26.0 Å². The fourth-order valence-electron chi connectivity index (χ4n) is 3.46. The average Bonchev–Trinajstić information content (AvgIpc) is 2.70. The fourth-order valence-corrected chi connectivity index (χ4v) is 3.63. The number of carbonyl (C=O) groups is 2. The Morgan fingerprint density at radius 2 is 2.10 bits per heavy atom. The van der Waals surface area contributed by atoms with Crippen LogP contribution < -0.4 is 21.3 Å². The molecule has 4 N–H and O–H groups in total. The largest absolute Gasteiger partial charge is 0.383 e. The van der Waals surface area contributed by atoms with E-state index in [0.717, 1.165) is 5.56 Å². The molecular weight excluding hydrogens is 396 g/mol. The lowest BCUT2D eigenvalue weighted by atomic mass is 9.91. The molecule has 2 amide bonds. The van der Waals surface area contributed by atoms with Crippen molar-refractivity contribution in [2.24, 2.45) is 0 Å². The van der Waals surface area contributed by atoms with Crippen LogP contribution in [0, 0.1) is 6.92 Å². The molecule has 0 bridgehead atoms. The summed E-state index contributed by atoms with van der Waals surface area (Å²) in [6.07, 6.45) is -0.0388. The lowest BCUT2D eigenvalue weighted by Crippen LogP contribution is -2.38. The monoisotopic (exact) mass is 416 g/mol. The predicted octanol–water partition coefficient (Wildman–Crippen LogP) is 1.92. The zero-order valence-corrected chi connectivity index (χ0v) is 16.6. The van der Waals surface area contributed by atoms with E-state index in [0.29, 0.717) is 48.5 Å². The summed E-state index contributed by atoms with van der Waals surface area (Å²) >= 11 is 6.04. The molecule has 1 aromatic heterocycles. The lowest BCUT2D eigenvalue weighted by molar-refractivity contribution is -0.123. The molecule has 0 unspecified atom stereocenters. The fraction of sp³-hybridized carbons (Fsp3) is 0.368. The molecule has 1 aromatic carbocycles. The zero-order valence-electron chi connectivity index (χ0n) is 15.9. The first-order valence-corrected chi connectivity index (χ1v) is 9.67. The number of anilines is 4. The van der Waals surface area contributed by atoms with Gasteiger partial charge in [-0.1, -0.05) is 17.7 Å². The highest BCUT2D eigenvalue weighted by Crippen LogP contribution is 2.37. The molecule has 29 heavy (non-hydrogen) atoms. The van der Waals surface area contributed by atoms with E-state index in [9.17, 15) is 9.59 Å². The number of aryl methyl sites for hydroxylation is 1. The van der Waals surface area contributed by atoms with Gasteiger partial charge in [0.05, 0.1) is 24.7 Å². The van der Waals surface area contributed by atoms with Gasteiger partial charge in [0.1, 0.15) is 11.6 Å². The first-order chi connectivity index (χ1) is 13.9. The number of nitrogens with one attached hydrogen (secondary N) is 2. The van der Waals surface area contributed by atoms with Gasteiger partial charge in [0.25, 0.3) is 0 Å². The van der Waals surface area contributed by atoms with Crippen molar-refractivity contribution in [2.45, 2.75) is 19.3 Å². The number of hydrogen-bond donors (Lipinski definition) is 3. The van der Waals surface area contributed by atoms with Crippen molar-refractivity contribution in [3.05, 3.63) is 34.3 Å². The van der Waals surface area contributed by atoms with Crippen LogP contribution in [0.2, 0.25) is 5.02 Å². The number of fused-ring (bicyclic) bond motifs is 1. The van der Waals surface area contributed by atoms with E-state index < -0.39 is 5.92 Å². The molecule has 0 aliphatic carbocycles. The number of morpholine rings is 1. The topological polar surface area (TPSA) is 122 Å². The molecule has 152 valence electrons. The Balaban J connectivity index is 1.65. The first-order valence-electron chi connectivity index (χ1n) is 9.29. The molecule has 1 saturated heterocycles. The van der Waals surface area contributed by atoms with Crippen molar-refractivity contribution >= 4 is 46.7 Å². The summed E-state index contributed by atoms with van der Waals surface area (Å²) in [5.41, 5.74) is 8.08. The maximum Gasteiger partial charge on any atom is 0.232 e. The second-order valence-electron chi connectivity index (χ2n) is 7.02. The number of benzene rings is 1. The maximum atomic E-state index is 13.0. The van der Waals surface area contributed by atoms with Gasteiger partial charge in [-0.3, -0.25) is 9.59 Å². The van der Waals surface area contributed by atoms with Crippen LogP contribution in [-0.2, 0) is 14.3 Å². The molecule has 2 aliphatic rings. The quantitative estimate of drug-likeness (QED) is 0.698. The normalized spacial score (nSPS) is 18.8. The van der Waals surface area contributed by atoms with Gasteiger partial charge in [-0.2, -0.15) is 9.97 Å². The second-order valence-corrected chi connectivity index (χ2v) is 7.46. The number of nitrogen functional groups attached to an aromatic ring is 1. The summed E-state index contributed by atoms with van der Waals surface area (Å²) in [5.74, 6) is -0.586. The smallest absolute Gasteiger partial charge is 0.232 e. The van der Waals surface area contributed by atoms with Crippen molar-refractivity contribution in [1.82, 2.24) is 9.97 Å². The van der Waals surface area contributed by atoms with E-state index in [1.165, 1.54) is 0 Å². The third-order valence-corrected chi connectivity index (χ3v) is 5.26. The summed E-state index contributed by atoms with van der Waals surface area (Å²) in [6, 6.07) is 5.22. The van der Waals surface area contributed by atoms with Gasteiger partial charge in [-0.15, -0.1) is 0 Å². The van der Waals surface area contributed by atoms with Crippen LogP contribution in [0.1, 0.15) is 23.5 Å². The molecule has 0 radical (unpaired) electrons. The van der Waals surface area contributed by atoms with Crippen LogP contribution in [0.15, 0.2) is 18.2 Å². The standard InChI is InChI=1S/C19H21ClN6O3/c1-10-2-3-11(20)8-13(10)22-18(28)12-9-14(27)23-17-15(12)16(21)24-19(25-17)26-4-6-29-7-5-26/h2-3,8,12H,4-7,9H2,1H3,(H,22,28)(H3,21,23,24,25,27)/t12-/m0/s1. The summed E-state index contributed by atoms with van der Waals surface area (Å²) in [4.78, 5) is 36.1. The Morgan fingerprint density at radius 3 is 2.86 bits per heavy atom. The van der Waals surface area contributed by atoms with E-state index in [1.54, 1.807) is 12.1 Å². The summed E-state index contributed by atoms with van der Waals surface area (Å²) in [5, 5.41) is 6.07. The molecule has 0 spiro atoms. The highest BCUT2D eigenvalue weighted by atomic mass is 35.5. The van der Waals surface area contributed by atoms with Crippen LogP contribution in [0.3, 0.4) is 0 Å². The Labute approximate surface area is 172 Å². The van der Waals surface area contributed by atoms with Crippen molar-refractivity contribution in [1.29, 1.82) is 0 Å². The number of rotatable bonds is 3. The van der Waals surface area contributed by atoms with E-state index in [2.05, 4.69) is 20.6 Å². The zero-order chi connectivity index (χ0) is 20.5. The Morgan fingerprint density at radius 1 is 1.34 bits per heavy atom. The van der Waals surface area contributed by atoms with Crippen LogP contribution in [0.5, 0.6) is 0 Å². The number of hydrogen-bond acceptors (Lipinski definition) is 7. The summed E-state index contributed by atoms with van der Waals surface area (Å²) in [7, 11) is 0. The second kappa shape index (κ2) is 7.84. The molecule has 0 saturated carbocycles. The Hall–Kier alpha value is -2.91. The minimum Gasteiger partial charge on any atom is -0.383 e. The van der Waals surface area contributed by atoms with Gasteiger partial charge in [-0.25, -0.2) is 0 Å². The molecular formula is C19H21ClN6O3. The van der Waals surface area contributed by atoms with Crippen LogP contribution in [0.4, 0.5) is 23.3 Å². The summed E-state index contributed by atoms with van der Waals surface area (Å²) in [6.45, 7) is 4.25. The number of aromatic nitrogens is 2. The van der Waals surface area contributed by atoms with Gasteiger partial charge in [-0.05, 0) is 24.6 Å². The van der Waals surface area contributed by atoms with Crippen molar-refractivity contribution in [3.63, 3.8) is 0 Å². The van der Waals surface area contributed by atoms with Crippen LogP contribution in [0.25, 0.3) is 0 Å². The van der Waals surface area contributed by atoms with Crippen LogP contribution in [-0.4, -0.2) is 48.1 Å². The number of nitrogens with two attached hydrogens (primary N) is 1. The van der Waals surface area contributed by atoms with Gasteiger partial charge in [0, 0.05) is 30.2 Å². The van der Waals surface area contributed by atoms with Gasteiger partial charge >= 0.3 is 0 Å². The third-order valence-electron chi connectivity index (χ3n) is 5.03. The highest BCUT2D eigenvalue weighted by molar-refractivity contribution is 6.31. The number of halogens is 1. The molecule has 2 aliphatic heterocycles. The molecule has 1 fully saturated rings. The Kier molecular flexibility index (Phi) is 5.25. The number of ether oxygens (including phenoxy) is 1. The van der Waals surface area contributed by atoms with E-state index >= 15 is 0 Å². The molecule has 9 nitrogen and oxygen atoms in total. The number of amides is 2. The average molecular weight is 417 g/mol. The van der Waals surface area contributed by atoms with Gasteiger partial charge in [0.2, 0.25) is 17.8 Å². The van der Waals surface area contributed by atoms with E-state index in [-0.39, 0.29) is 29.9 Å². The van der Waals surface area contributed by atoms with E-state index in [1.807, 2.05) is 17.9 Å². The minimum absolute atomic E-state index is 0.0388. The highest BCUT2D eigenvalue weighted by Gasteiger charge is 2.35. The summed E-state index contributed by atoms with van der Waals surface area (Å²) < 4.78 is 5.34. The Bertz CT molecular complexity index is 977. The third kappa shape index (κ3) is 3.96. The van der Waals surface area contributed by atoms with Crippen molar-refractivity contribution in [3.8, 4) is 0 Å². The molecule has 4 rings (SSSR count). The van der Waals surface area contributed by atoms with Crippen LogP contribution >= 0.6 is 11.6 Å². The first kappa shape index (κ1) is 19.4. The number of carbonyl (C=O) groups excluding carboxylic acids is 2. The molecule has 10 heteroatoms. The van der Waals surface area contributed by atoms with Gasteiger partial charge in [0.15, 0.2) is 0 Å².